The Morgan fingerprint density at radius 2 is 2.13 bits per heavy atom. The summed E-state index contributed by atoms with van der Waals surface area (Å²) in [6.07, 6.45) is 3.11. The van der Waals surface area contributed by atoms with Gasteiger partial charge in [0.2, 0.25) is 0 Å². The van der Waals surface area contributed by atoms with Crippen LogP contribution in [0.4, 0.5) is 4.79 Å². The number of fused-ring (bicyclic) bond motifs is 1. The first-order valence-electron chi connectivity index (χ1n) is 7.44. The van der Waals surface area contributed by atoms with Crippen LogP contribution >= 0.6 is 0 Å². The van der Waals surface area contributed by atoms with Gasteiger partial charge in [0, 0.05) is 29.2 Å². The first-order chi connectivity index (χ1) is 11.1. The summed E-state index contributed by atoms with van der Waals surface area (Å²) in [6, 6.07) is 7.81. The fourth-order valence-corrected chi connectivity index (χ4v) is 2.64. The highest BCUT2D eigenvalue weighted by Crippen LogP contribution is 2.24. The van der Waals surface area contributed by atoms with Crippen molar-refractivity contribution in [3.63, 3.8) is 0 Å². The van der Waals surface area contributed by atoms with E-state index in [0.29, 0.717) is 12.3 Å². The number of H-pyrrole nitrogens is 1. The lowest BCUT2D eigenvalue weighted by atomic mass is 10.1. The monoisotopic (exact) mass is 310 g/mol. The Morgan fingerprint density at radius 1 is 1.26 bits per heavy atom. The van der Waals surface area contributed by atoms with E-state index in [1.54, 1.807) is 6.07 Å². The minimum Gasteiger partial charge on any atom is -0.409 e. The van der Waals surface area contributed by atoms with E-state index in [2.05, 4.69) is 46.5 Å². The maximum atomic E-state index is 11.8. The highest BCUT2D eigenvalue weighted by atomic mass is 16.6. The van der Waals surface area contributed by atoms with E-state index < -0.39 is 6.09 Å². The summed E-state index contributed by atoms with van der Waals surface area (Å²) in [5.74, 6) is 0.372. The minimum absolute atomic E-state index is 0.372. The molecule has 2 N–H and O–H groups in total. The molecule has 1 aromatic carbocycles. The number of carbonyl (C=O) groups is 1. The van der Waals surface area contributed by atoms with Crippen LogP contribution in [-0.2, 0) is 6.42 Å². The van der Waals surface area contributed by atoms with Crippen LogP contribution < -0.4 is 10.1 Å². The number of ether oxygens (including phenoxy) is 1. The van der Waals surface area contributed by atoms with Gasteiger partial charge in [0.25, 0.3) is 0 Å². The van der Waals surface area contributed by atoms with E-state index in [1.807, 2.05) is 6.07 Å². The predicted octanol–water partition coefficient (Wildman–Crippen LogP) is 2.91. The second-order valence-electron chi connectivity index (χ2n) is 5.37. The van der Waals surface area contributed by atoms with Gasteiger partial charge in [-0.05, 0) is 31.4 Å². The van der Waals surface area contributed by atoms with Gasteiger partial charge in [-0.25, -0.2) is 4.79 Å². The average Bonchev–Trinajstić information content (AvgIpc) is 2.86. The van der Waals surface area contributed by atoms with Crippen molar-refractivity contribution in [1.82, 2.24) is 20.5 Å². The predicted molar refractivity (Wildman–Crippen MR) is 87.5 cm³/mol. The first kappa shape index (κ1) is 15.0. The second-order valence-corrected chi connectivity index (χ2v) is 5.37. The average molecular weight is 310 g/mol. The van der Waals surface area contributed by atoms with Crippen LogP contribution in [0.2, 0.25) is 0 Å². The van der Waals surface area contributed by atoms with Crippen molar-refractivity contribution in [3.05, 3.63) is 53.5 Å². The lowest BCUT2D eigenvalue weighted by Crippen LogP contribution is -2.28. The standard InChI is InChI=1S/C17H18N4O2/c1-11-4-3-5-15-14(12(2)21-16(11)15)7-8-18-17(22)23-13-6-9-19-20-10-13/h3-6,9-10,21H,7-8H2,1-2H3,(H,18,22). The van der Waals surface area contributed by atoms with Crippen molar-refractivity contribution in [3.8, 4) is 5.75 Å². The van der Waals surface area contributed by atoms with Crippen molar-refractivity contribution in [2.45, 2.75) is 20.3 Å². The van der Waals surface area contributed by atoms with Crippen LogP contribution in [0.5, 0.6) is 5.75 Å². The molecule has 0 atom stereocenters. The van der Waals surface area contributed by atoms with Crippen LogP contribution in [0.1, 0.15) is 16.8 Å². The molecule has 6 nitrogen and oxygen atoms in total. The maximum Gasteiger partial charge on any atom is 0.412 e. The van der Waals surface area contributed by atoms with Crippen molar-refractivity contribution in [1.29, 1.82) is 0 Å². The van der Waals surface area contributed by atoms with Crippen LogP contribution in [0.25, 0.3) is 10.9 Å². The van der Waals surface area contributed by atoms with E-state index in [0.717, 1.165) is 17.6 Å². The number of hydrogen-bond donors (Lipinski definition) is 2. The second kappa shape index (κ2) is 6.48. The molecule has 0 saturated heterocycles. The van der Waals surface area contributed by atoms with E-state index in [1.165, 1.54) is 28.9 Å². The Labute approximate surface area is 133 Å². The SMILES string of the molecule is Cc1[nH]c2c(C)cccc2c1CCNC(=O)Oc1ccnnc1. The van der Waals surface area contributed by atoms with Crippen molar-refractivity contribution >= 4 is 17.0 Å². The topological polar surface area (TPSA) is 79.9 Å². The molecule has 0 saturated carbocycles. The Kier molecular flexibility index (Phi) is 4.23. The van der Waals surface area contributed by atoms with Gasteiger partial charge >= 0.3 is 6.09 Å². The van der Waals surface area contributed by atoms with Crippen molar-refractivity contribution in [2.24, 2.45) is 0 Å². The molecule has 0 aliphatic heterocycles. The van der Waals surface area contributed by atoms with Gasteiger partial charge in [-0.15, -0.1) is 0 Å². The summed E-state index contributed by atoms with van der Waals surface area (Å²) >= 11 is 0. The molecular formula is C17H18N4O2. The molecule has 2 aromatic heterocycles. The van der Waals surface area contributed by atoms with E-state index >= 15 is 0 Å². The summed E-state index contributed by atoms with van der Waals surface area (Å²) in [6.45, 7) is 4.63. The van der Waals surface area contributed by atoms with Gasteiger partial charge in [0.15, 0.2) is 5.75 Å². The number of aromatic nitrogens is 3. The maximum absolute atomic E-state index is 11.8. The molecule has 1 amide bonds. The molecule has 23 heavy (non-hydrogen) atoms. The Bertz CT molecular complexity index is 827. The largest absolute Gasteiger partial charge is 0.412 e. The van der Waals surface area contributed by atoms with Crippen molar-refractivity contribution < 1.29 is 9.53 Å². The molecule has 6 heteroatoms. The van der Waals surface area contributed by atoms with Crippen LogP contribution in [0, 0.1) is 13.8 Å². The van der Waals surface area contributed by atoms with Gasteiger partial charge < -0.3 is 15.0 Å². The number of benzene rings is 1. The zero-order valence-electron chi connectivity index (χ0n) is 13.1. The molecule has 2 heterocycles. The van der Waals surface area contributed by atoms with Crippen molar-refractivity contribution in [2.75, 3.05) is 6.54 Å². The Hall–Kier alpha value is -2.89. The third-order valence-corrected chi connectivity index (χ3v) is 3.78. The molecule has 0 unspecified atom stereocenters. The summed E-state index contributed by atoms with van der Waals surface area (Å²) in [5, 5.41) is 11.2. The van der Waals surface area contributed by atoms with Crippen LogP contribution in [0.15, 0.2) is 36.7 Å². The fraction of sp³-hybridized carbons (Fsp3) is 0.235. The highest BCUT2D eigenvalue weighted by Gasteiger charge is 2.10. The zero-order chi connectivity index (χ0) is 16.2. The summed E-state index contributed by atoms with van der Waals surface area (Å²) < 4.78 is 5.11. The lowest BCUT2D eigenvalue weighted by molar-refractivity contribution is 0.200. The molecule has 0 bridgehead atoms. The quantitative estimate of drug-likeness (QED) is 0.776. The van der Waals surface area contributed by atoms with E-state index in [4.69, 9.17) is 4.74 Å². The third-order valence-electron chi connectivity index (χ3n) is 3.78. The van der Waals surface area contributed by atoms with E-state index in [-0.39, 0.29) is 0 Å². The smallest absolute Gasteiger partial charge is 0.409 e. The number of nitrogens with one attached hydrogen (secondary N) is 2. The number of nitrogens with zero attached hydrogens (tertiary/aromatic N) is 2. The van der Waals surface area contributed by atoms with Gasteiger partial charge in [-0.3, -0.25) is 0 Å². The summed E-state index contributed by atoms with van der Waals surface area (Å²) in [5.41, 5.74) is 4.72. The molecule has 118 valence electrons. The Morgan fingerprint density at radius 3 is 2.91 bits per heavy atom. The molecule has 0 radical (unpaired) electrons. The number of hydrogen-bond acceptors (Lipinski definition) is 4. The van der Waals surface area contributed by atoms with E-state index in [9.17, 15) is 4.79 Å². The number of aryl methyl sites for hydroxylation is 2. The third kappa shape index (κ3) is 3.31. The summed E-state index contributed by atoms with van der Waals surface area (Å²) in [4.78, 5) is 15.2. The number of rotatable bonds is 4. The number of amides is 1. The molecular weight excluding hydrogens is 292 g/mol. The molecule has 0 aliphatic carbocycles. The number of para-hydroxylation sites is 1. The Balaban J connectivity index is 1.62. The van der Waals surface area contributed by atoms with Gasteiger partial charge in [-0.1, -0.05) is 18.2 Å². The molecule has 0 fully saturated rings. The molecule has 0 spiro atoms. The lowest BCUT2D eigenvalue weighted by Gasteiger charge is -2.06. The zero-order valence-corrected chi connectivity index (χ0v) is 13.1. The van der Waals surface area contributed by atoms with Crippen LogP contribution in [-0.4, -0.2) is 27.8 Å². The normalized spacial score (nSPS) is 10.7. The first-order valence-corrected chi connectivity index (χ1v) is 7.44. The number of carbonyl (C=O) groups excluding carboxylic acids is 1. The molecule has 0 aliphatic rings. The van der Waals surface area contributed by atoms with Gasteiger partial charge in [-0.2, -0.15) is 10.2 Å². The minimum atomic E-state index is -0.494. The molecule has 3 rings (SSSR count). The summed E-state index contributed by atoms with van der Waals surface area (Å²) in [7, 11) is 0. The number of aromatic amines is 1. The fourth-order valence-electron chi connectivity index (χ4n) is 2.64. The van der Waals surface area contributed by atoms with Gasteiger partial charge in [0.05, 0.1) is 12.4 Å². The van der Waals surface area contributed by atoms with Gasteiger partial charge in [0.1, 0.15) is 0 Å². The molecule has 3 aromatic rings. The highest BCUT2D eigenvalue weighted by molar-refractivity contribution is 5.87. The van der Waals surface area contributed by atoms with Crippen LogP contribution in [0.3, 0.4) is 0 Å².